The Bertz CT molecular complexity index is 4060. The van der Waals surface area contributed by atoms with Crippen molar-refractivity contribution in [2.75, 3.05) is 17.3 Å². The Labute approximate surface area is 579 Å². The van der Waals surface area contributed by atoms with Crippen molar-refractivity contribution < 1.29 is 68.4 Å². The summed E-state index contributed by atoms with van der Waals surface area (Å²) in [5, 5.41) is 30.1. The van der Waals surface area contributed by atoms with Crippen LogP contribution < -0.4 is 25.8 Å². The largest absolute Gasteiger partial charge is 0.585 e. The fourth-order valence-electron chi connectivity index (χ4n) is 15.5. The molecular formula is C66H97B3N10O15S3Si. The Morgan fingerprint density at radius 1 is 0.684 bits per heavy atom. The van der Waals surface area contributed by atoms with Gasteiger partial charge in [0.05, 0.1) is 59.7 Å². The fourth-order valence-corrected chi connectivity index (χ4v) is 27.1. The van der Waals surface area contributed by atoms with E-state index in [9.17, 15) is 44.9 Å². The minimum absolute atomic E-state index is 0.0805. The van der Waals surface area contributed by atoms with E-state index in [0.717, 1.165) is 60.2 Å². The number of aromatic amines is 2. The van der Waals surface area contributed by atoms with E-state index in [1.54, 1.807) is 58.7 Å². The second-order valence-corrected chi connectivity index (χ2v) is 42.0. The van der Waals surface area contributed by atoms with Crippen LogP contribution in [0.3, 0.4) is 0 Å². The molecule has 5 aromatic heterocycles. The number of Topliss-reactive ketones (excluding diaryl/α,β-unsaturated/α-hetero) is 1. The lowest BCUT2D eigenvalue weighted by Gasteiger charge is -2.47. The molecule has 98 heavy (non-hydrogen) atoms. The van der Waals surface area contributed by atoms with Crippen molar-refractivity contribution in [1.29, 1.82) is 0 Å². The van der Waals surface area contributed by atoms with E-state index < -0.39 is 94.4 Å². The molecule has 0 aromatic carbocycles. The smallest absolute Gasteiger partial charge is 0.443 e. The number of nitrogens with zero attached hydrogens (tertiary/aromatic N) is 6. The van der Waals surface area contributed by atoms with Gasteiger partial charge in [-0.25, -0.2) is 53.8 Å². The highest BCUT2D eigenvalue weighted by molar-refractivity contribution is 7.90. The first-order valence-corrected chi connectivity index (χ1v) is 41.7. The van der Waals surface area contributed by atoms with Crippen molar-refractivity contribution in [2.24, 2.45) is 28.1 Å². The number of carbonyl (C=O) groups excluding carboxylic acids is 2. The molecule has 7 aliphatic rings. The van der Waals surface area contributed by atoms with Crippen LogP contribution in [0.15, 0.2) is 59.5 Å². The van der Waals surface area contributed by atoms with Crippen LogP contribution in [-0.2, 0) is 53.6 Å². The molecule has 0 spiro atoms. The number of H-pyrrole nitrogens is 2. The van der Waals surface area contributed by atoms with Gasteiger partial charge in [0.1, 0.15) is 16.9 Å². The summed E-state index contributed by atoms with van der Waals surface area (Å²) >= 11 is 0. The zero-order chi connectivity index (χ0) is 71.6. The Balaban J connectivity index is 0.000000174. The SMILES string of the molecule is CCCS(=O)(=O)N(C(=O)OC(C)(C)C)C1CC(C(=O)c2c(B3OC(C)(C)C(C)(C)O3)cnc3c2C=CC3[Si](C(C)C)(C(C)C)C(C)C)C1.CCCS(=O)(=O)NC1CC(C2=NOB(O)c3cnc4[nH]ccc4c32)C1.CCCS(=O)(=O)NC1CC(C2=NOB(O)c3cnc4[nH]ccc4c32)C1. The number of amides is 1. The Hall–Kier alpha value is -5.83. The van der Waals surface area contributed by atoms with Crippen molar-refractivity contribution in [2.45, 2.75) is 226 Å². The first-order valence-electron chi connectivity index (χ1n) is 34.5. The van der Waals surface area contributed by atoms with Crippen LogP contribution in [0.25, 0.3) is 28.1 Å². The maximum absolute atomic E-state index is 14.7. The van der Waals surface area contributed by atoms with Crippen molar-refractivity contribution in [3.63, 3.8) is 0 Å². The Kier molecular flexibility index (Phi) is 21.8. The molecule has 4 aliphatic carbocycles. The zero-order valence-corrected chi connectivity index (χ0v) is 62.7. The predicted molar refractivity (Wildman–Crippen MR) is 386 cm³/mol. The summed E-state index contributed by atoms with van der Waals surface area (Å²) in [6.07, 6.45) is 16.6. The summed E-state index contributed by atoms with van der Waals surface area (Å²) in [5.74, 6) is -0.305. The Morgan fingerprint density at radius 3 is 1.54 bits per heavy atom. The highest BCUT2D eigenvalue weighted by Gasteiger charge is 2.56. The van der Waals surface area contributed by atoms with Crippen molar-refractivity contribution in [1.82, 2.24) is 38.7 Å². The molecule has 0 bridgehead atoms. The number of ketones is 1. The van der Waals surface area contributed by atoms with E-state index in [1.807, 2.05) is 53.7 Å². The van der Waals surface area contributed by atoms with Crippen LogP contribution in [0, 0.1) is 17.8 Å². The fraction of sp³-hybridized carbons (Fsp3) is 0.621. The molecule has 1 saturated heterocycles. The molecule has 6 N–H and O–H groups in total. The maximum atomic E-state index is 14.7. The van der Waals surface area contributed by atoms with Gasteiger partial charge in [0.2, 0.25) is 30.1 Å². The highest BCUT2D eigenvalue weighted by Crippen LogP contribution is 2.54. The van der Waals surface area contributed by atoms with E-state index in [2.05, 4.69) is 93.4 Å². The number of oxime groups is 2. The van der Waals surface area contributed by atoms with Crippen molar-refractivity contribution in [3.05, 3.63) is 77.1 Å². The molecule has 1 atom stereocenters. The number of pyridine rings is 3. The number of aromatic nitrogens is 5. The van der Waals surface area contributed by atoms with Gasteiger partial charge in [-0.05, 0) is 135 Å². The topological polar surface area (TPSA) is 345 Å². The minimum atomic E-state index is -3.93. The predicted octanol–water partition coefficient (Wildman–Crippen LogP) is 7.83. The lowest BCUT2D eigenvalue weighted by Crippen LogP contribution is -2.54. The molecule has 0 radical (unpaired) electrons. The molecule has 532 valence electrons. The molecule has 3 saturated carbocycles. The van der Waals surface area contributed by atoms with E-state index in [1.165, 1.54) is 0 Å². The molecular weight excluding hydrogens is 1330 g/mol. The van der Waals surface area contributed by atoms with Gasteiger partial charge in [-0.15, -0.1) is 10.3 Å². The minimum Gasteiger partial charge on any atom is -0.443 e. The van der Waals surface area contributed by atoms with Crippen LogP contribution in [0.1, 0.15) is 207 Å². The molecule has 1 amide bonds. The average Bonchev–Trinajstić information content (AvgIpc) is 1.55. The molecule has 12 rings (SSSR count). The summed E-state index contributed by atoms with van der Waals surface area (Å²) in [6, 6.07) is 2.97. The van der Waals surface area contributed by atoms with Gasteiger partial charge in [0.15, 0.2) is 5.78 Å². The molecule has 5 aromatic rings. The highest BCUT2D eigenvalue weighted by atomic mass is 32.2. The van der Waals surface area contributed by atoms with Gasteiger partial charge in [-0.2, -0.15) is 0 Å². The number of fused-ring (bicyclic) bond motifs is 7. The quantitative estimate of drug-likeness (QED) is 0.0301. The first kappa shape index (κ1) is 74.9. The lowest BCUT2D eigenvalue weighted by atomic mass is 9.69. The maximum Gasteiger partial charge on any atom is 0.585 e. The normalized spacial score (nSPS) is 23.2. The summed E-state index contributed by atoms with van der Waals surface area (Å²) in [7, 11) is -15.5. The number of hydrogen-bond acceptors (Lipinski definition) is 20. The number of hydrogen-bond donors (Lipinski definition) is 6. The van der Waals surface area contributed by atoms with Crippen LogP contribution in [0.5, 0.6) is 0 Å². The summed E-state index contributed by atoms with van der Waals surface area (Å²) in [4.78, 5) is 47.8. The van der Waals surface area contributed by atoms with Gasteiger partial charge in [-0.3, -0.25) is 9.78 Å². The van der Waals surface area contributed by atoms with Crippen LogP contribution in [0.2, 0.25) is 16.6 Å². The number of carbonyl (C=O) groups is 2. The van der Waals surface area contributed by atoms with Gasteiger partial charge in [0.25, 0.3) is 0 Å². The van der Waals surface area contributed by atoms with E-state index in [-0.39, 0.29) is 65.3 Å². The number of nitrogens with one attached hydrogen (secondary N) is 4. The van der Waals surface area contributed by atoms with Crippen molar-refractivity contribution in [3.8, 4) is 0 Å². The number of rotatable bonds is 21. The molecule has 3 aliphatic heterocycles. The summed E-state index contributed by atoms with van der Waals surface area (Å²) in [6.45, 7) is 32.5. The van der Waals surface area contributed by atoms with E-state index in [0.29, 0.717) is 83.5 Å². The molecule has 25 nitrogen and oxygen atoms in total. The van der Waals surface area contributed by atoms with Gasteiger partial charge >= 0.3 is 27.4 Å². The molecule has 4 fully saturated rings. The zero-order valence-electron chi connectivity index (χ0n) is 59.3. The van der Waals surface area contributed by atoms with Gasteiger partial charge in [0, 0.05) is 116 Å². The monoisotopic (exact) mass is 1430 g/mol. The average molecular weight is 1430 g/mol. The van der Waals surface area contributed by atoms with Crippen LogP contribution >= 0.6 is 0 Å². The van der Waals surface area contributed by atoms with Crippen LogP contribution in [-0.4, -0.2) is 169 Å². The third kappa shape index (κ3) is 14.8. The van der Waals surface area contributed by atoms with Gasteiger partial charge < -0.3 is 43.6 Å². The van der Waals surface area contributed by atoms with E-state index >= 15 is 0 Å². The van der Waals surface area contributed by atoms with Crippen LogP contribution in [0.4, 0.5) is 4.79 Å². The lowest BCUT2D eigenvalue weighted by molar-refractivity contribution is 0.00578. The molecule has 32 heteroatoms. The third-order valence-electron chi connectivity index (χ3n) is 20.8. The second kappa shape index (κ2) is 28.5. The Morgan fingerprint density at radius 2 is 1.12 bits per heavy atom. The van der Waals surface area contributed by atoms with Gasteiger partial charge in [-0.1, -0.05) is 74.5 Å². The summed E-state index contributed by atoms with van der Waals surface area (Å²) in [5.41, 5.74) is 8.19. The number of sulfonamides is 3. The standard InChI is InChI=1S/C36H59BN2O7SSi.2C15H19BN4O4S/c1-15-18-47(42,43)39(33(41)44-34(8,9)10)26-19-25(20-26)32(40)30-27-16-17-29(48(22(2)3,23(4)5)24(6)7)31(27)38-21-28(30)37-45-35(11,12)36(13,14)46-37;2*1-2-5-25(22,23)20-10-6-9(7-10)14-13-11-3-4-17-15(11)18-8-12(13)16(21)24-19-14/h16-17,21-26,29H,15,18-20H2,1-14H3;2*3-4,8-10,20-21H,2,5-7H2,1H3,(H,17,18). The number of ether oxygens (including phenoxy) is 1. The third-order valence-corrected chi connectivity index (χ3v) is 33.6. The first-order chi connectivity index (χ1) is 45.9. The molecule has 1 unspecified atom stereocenters. The molecule has 8 heterocycles. The van der Waals surface area contributed by atoms with Crippen molar-refractivity contribution >= 4 is 127 Å². The van der Waals surface area contributed by atoms with E-state index in [4.69, 9.17) is 28.5 Å². The summed E-state index contributed by atoms with van der Waals surface area (Å²) < 4.78 is 109. The second-order valence-electron chi connectivity index (χ2n) is 30.2. The number of allylic oxidation sites excluding steroid dienone is 1.